The number of aliphatic hydroxyl groups excluding tert-OH is 1. The van der Waals surface area contributed by atoms with Crippen molar-refractivity contribution < 1.29 is 24.5 Å². The molecule has 0 aromatic rings. The fraction of sp³-hybridized carbons (Fsp3) is 0.875. The summed E-state index contributed by atoms with van der Waals surface area (Å²) in [6, 6.07) is 0. The van der Waals surface area contributed by atoms with Gasteiger partial charge < -0.3 is 24.6 Å². The van der Waals surface area contributed by atoms with Crippen molar-refractivity contribution in [3.63, 3.8) is 0 Å². The van der Waals surface area contributed by atoms with Gasteiger partial charge in [-0.05, 0) is 57.4 Å². The molecule has 168 valence electrons. The number of ether oxygens (including phenoxy) is 2. The van der Waals surface area contributed by atoms with Crippen LogP contribution in [0.5, 0.6) is 0 Å². The zero-order valence-corrected chi connectivity index (χ0v) is 18.8. The van der Waals surface area contributed by atoms with E-state index in [0.29, 0.717) is 18.9 Å². The second-order valence-corrected chi connectivity index (χ2v) is 11.1. The Morgan fingerprint density at radius 1 is 1.27 bits per heavy atom. The van der Waals surface area contributed by atoms with E-state index in [1.54, 1.807) is 5.57 Å². The quantitative estimate of drug-likeness (QED) is 0.528. The normalized spacial score (nSPS) is 48.2. The van der Waals surface area contributed by atoms with Crippen molar-refractivity contribution in [1.29, 1.82) is 0 Å². The van der Waals surface area contributed by atoms with Crippen molar-refractivity contribution >= 4 is 5.97 Å². The molecule has 0 aromatic carbocycles. The molecule has 2 aliphatic heterocycles. The molecule has 3 aliphatic carbocycles. The fourth-order valence-electron chi connectivity index (χ4n) is 8.27. The number of likely N-dealkylation sites (tertiary alicyclic amines) is 1. The van der Waals surface area contributed by atoms with Crippen molar-refractivity contribution in [2.45, 2.75) is 64.3 Å². The number of allylic oxidation sites excluding steroid dienone is 1. The molecule has 30 heavy (non-hydrogen) atoms. The molecular formula is C24H37NO5. The number of piperidine rings is 1. The highest BCUT2D eigenvalue weighted by atomic mass is 16.6. The van der Waals surface area contributed by atoms with Gasteiger partial charge in [-0.2, -0.15) is 0 Å². The van der Waals surface area contributed by atoms with Gasteiger partial charge in [0, 0.05) is 29.8 Å². The third kappa shape index (κ3) is 2.48. The lowest BCUT2D eigenvalue weighted by Gasteiger charge is -2.63. The van der Waals surface area contributed by atoms with E-state index in [-0.39, 0.29) is 34.6 Å². The van der Waals surface area contributed by atoms with Gasteiger partial charge in [-0.15, -0.1) is 0 Å². The first-order valence-corrected chi connectivity index (χ1v) is 11.7. The standard InChI is InChI=1S/C24H37NO5/c1-14(2)24(28)19(26)10-23(13-30-24)16-7-5-15-6-8-17-18(21(27)29-4)9-22(23,20(15)17)12-25(3)11-16/h14,16-19,26,28H,5-13H2,1-4H3/t16-,17-,18-,19+,22-,23-,24+/m1/s1. The number of rotatable bonds is 2. The van der Waals surface area contributed by atoms with Gasteiger partial charge >= 0.3 is 5.97 Å². The number of methoxy groups -OCH3 is 1. The summed E-state index contributed by atoms with van der Waals surface area (Å²) in [6.45, 7) is 6.12. The molecule has 2 saturated heterocycles. The zero-order valence-electron chi connectivity index (χ0n) is 18.8. The van der Waals surface area contributed by atoms with Crippen LogP contribution in [0.4, 0.5) is 0 Å². The van der Waals surface area contributed by atoms with Crippen LogP contribution in [0.15, 0.2) is 11.1 Å². The minimum absolute atomic E-state index is 0.0907. The topological polar surface area (TPSA) is 79.2 Å². The fourth-order valence-corrected chi connectivity index (χ4v) is 8.27. The molecule has 1 saturated carbocycles. The van der Waals surface area contributed by atoms with Crippen LogP contribution < -0.4 is 0 Å². The van der Waals surface area contributed by atoms with E-state index < -0.39 is 11.9 Å². The molecule has 0 amide bonds. The van der Waals surface area contributed by atoms with E-state index in [1.807, 2.05) is 13.8 Å². The average Bonchev–Trinajstić information content (AvgIpc) is 3.24. The molecule has 3 fully saturated rings. The summed E-state index contributed by atoms with van der Waals surface area (Å²) in [5.41, 5.74) is 2.62. The highest BCUT2D eigenvalue weighted by molar-refractivity contribution is 5.75. The Bertz CT molecular complexity index is 780. The molecule has 2 spiro atoms. The minimum Gasteiger partial charge on any atom is -0.469 e. The summed E-state index contributed by atoms with van der Waals surface area (Å²) in [4.78, 5) is 15.2. The molecule has 2 N–H and O–H groups in total. The number of hydrogen-bond donors (Lipinski definition) is 2. The Hall–Kier alpha value is -0.950. The van der Waals surface area contributed by atoms with E-state index in [0.717, 1.165) is 45.2 Å². The predicted molar refractivity (Wildman–Crippen MR) is 111 cm³/mol. The van der Waals surface area contributed by atoms with Gasteiger partial charge in [-0.1, -0.05) is 25.0 Å². The number of esters is 1. The minimum atomic E-state index is -1.50. The highest BCUT2D eigenvalue weighted by Crippen LogP contribution is 2.71. The molecule has 5 rings (SSSR count). The average molecular weight is 420 g/mol. The summed E-state index contributed by atoms with van der Waals surface area (Å²) < 4.78 is 11.5. The Labute approximate surface area is 179 Å². The van der Waals surface area contributed by atoms with Gasteiger partial charge in [0.25, 0.3) is 0 Å². The van der Waals surface area contributed by atoms with Crippen LogP contribution in [0.2, 0.25) is 0 Å². The molecule has 0 aromatic heterocycles. The van der Waals surface area contributed by atoms with E-state index in [2.05, 4.69) is 11.9 Å². The van der Waals surface area contributed by atoms with Crippen molar-refractivity contribution in [3.8, 4) is 0 Å². The summed E-state index contributed by atoms with van der Waals surface area (Å²) in [6.07, 6.45) is 4.70. The third-order valence-electron chi connectivity index (χ3n) is 9.61. The van der Waals surface area contributed by atoms with E-state index in [9.17, 15) is 15.0 Å². The number of hydrogen-bond acceptors (Lipinski definition) is 6. The largest absolute Gasteiger partial charge is 0.469 e. The van der Waals surface area contributed by atoms with Gasteiger partial charge in [-0.3, -0.25) is 4.79 Å². The van der Waals surface area contributed by atoms with Crippen molar-refractivity contribution in [2.24, 2.45) is 34.5 Å². The highest BCUT2D eigenvalue weighted by Gasteiger charge is 2.70. The first-order chi connectivity index (χ1) is 14.2. The second kappa shape index (κ2) is 6.77. The molecule has 5 aliphatic rings. The van der Waals surface area contributed by atoms with Gasteiger partial charge in [0.15, 0.2) is 5.79 Å². The predicted octanol–water partition coefficient (Wildman–Crippen LogP) is 2.34. The SMILES string of the molecule is COC(=O)[C@@H]1C[C@@]23CN(C)C[C@@H](CCC4=C2[C@@H]1CC4)[C@@]31CO[C@@](O)(C(C)C)[C@@H](O)C1. The van der Waals surface area contributed by atoms with Gasteiger partial charge in [0.05, 0.1) is 19.6 Å². The van der Waals surface area contributed by atoms with Crippen LogP contribution in [-0.2, 0) is 14.3 Å². The maximum atomic E-state index is 12.8. The van der Waals surface area contributed by atoms with Crippen LogP contribution in [0.3, 0.4) is 0 Å². The van der Waals surface area contributed by atoms with Crippen molar-refractivity contribution in [2.75, 3.05) is 33.9 Å². The molecule has 0 radical (unpaired) electrons. The van der Waals surface area contributed by atoms with Crippen LogP contribution in [0.1, 0.15) is 52.4 Å². The Kier molecular flexibility index (Phi) is 4.72. The van der Waals surface area contributed by atoms with Crippen LogP contribution in [0.25, 0.3) is 0 Å². The molecule has 7 atom stereocenters. The molecule has 6 heteroatoms. The van der Waals surface area contributed by atoms with Crippen LogP contribution in [-0.4, -0.2) is 66.8 Å². The Balaban J connectivity index is 1.65. The second-order valence-electron chi connectivity index (χ2n) is 11.1. The van der Waals surface area contributed by atoms with Crippen molar-refractivity contribution in [3.05, 3.63) is 11.1 Å². The monoisotopic (exact) mass is 419 g/mol. The van der Waals surface area contributed by atoms with Gasteiger partial charge in [-0.25, -0.2) is 0 Å². The summed E-state index contributed by atoms with van der Waals surface area (Å²) >= 11 is 0. The molecule has 6 nitrogen and oxygen atoms in total. The third-order valence-corrected chi connectivity index (χ3v) is 9.61. The lowest BCUT2D eigenvalue weighted by atomic mass is 9.49. The lowest BCUT2D eigenvalue weighted by molar-refractivity contribution is -0.342. The Morgan fingerprint density at radius 3 is 2.67 bits per heavy atom. The number of nitrogens with zero attached hydrogens (tertiary/aromatic N) is 1. The molecule has 2 heterocycles. The first kappa shape index (κ1) is 20.9. The summed E-state index contributed by atoms with van der Waals surface area (Å²) in [5.74, 6) is -1.24. The smallest absolute Gasteiger partial charge is 0.309 e. The Morgan fingerprint density at radius 2 is 2.00 bits per heavy atom. The van der Waals surface area contributed by atoms with E-state index in [4.69, 9.17) is 9.47 Å². The number of carbonyl (C=O) groups is 1. The first-order valence-electron chi connectivity index (χ1n) is 11.7. The number of carbonyl (C=O) groups excluding carboxylic acids is 1. The molecule has 2 bridgehead atoms. The van der Waals surface area contributed by atoms with Gasteiger partial charge in [0.2, 0.25) is 0 Å². The number of aliphatic hydroxyl groups is 2. The van der Waals surface area contributed by atoms with Crippen LogP contribution in [0, 0.1) is 34.5 Å². The van der Waals surface area contributed by atoms with E-state index in [1.165, 1.54) is 12.7 Å². The van der Waals surface area contributed by atoms with Crippen molar-refractivity contribution in [1.82, 2.24) is 4.90 Å². The summed E-state index contributed by atoms with van der Waals surface area (Å²) in [7, 11) is 3.69. The molecule has 0 unspecified atom stereocenters. The van der Waals surface area contributed by atoms with Gasteiger partial charge in [0.1, 0.15) is 6.10 Å². The molecular weight excluding hydrogens is 382 g/mol. The maximum Gasteiger partial charge on any atom is 0.309 e. The summed E-state index contributed by atoms with van der Waals surface area (Å²) in [5, 5.41) is 22.3. The zero-order chi connectivity index (χ0) is 21.5. The van der Waals surface area contributed by atoms with Crippen LogP contribution >= 0.6 is 0 Å². The maximum absolute atomic E-state index is 12.8. The van der Waals surface area contributed by atoms with E-state index >= 15 is 0 Å². The lowest BCUT2D eigenvalue weighted by Crippen LogP contribution is -2.68.